The number of carbonyl (C=O) groups is 1. The molecule has 2 aromatic rings. The molecule has 0 heterocycles. The molecule has 0 aliphatic carbocycles. The summed E-state index contributed by atoms with van der Waals surface area (Å²) in [5.41, 5.74) is 2.10. The van der Waals surface area contributed by atoms with E-state index in [-0.39, 0.29) is 11.7 Å². The number of benzene rings is 2. The zero-order chi connectivity index (χ0) is 14.2. The van der Waals surface area contributed by atoms with Crippen LogP contribution in [0.3, 0.4) is 0 Å². The summed E-state index contributed by atoms with van der Waals surface area (Å²) in [4.78, 5) is 11.7. The fourth-order valence-corrected chi connectivity index (χ4v) is 2.02. The minimum atomic E-state index is -0.281. The molecule has 0 fully saturated rings. The highest BCUT2D eigenvalue weighted by Gasteiger charge is 2.03. The summed E-state index contributed by atoms with van der Waals surface area (Å²) >= 11 is 0. The maximum absolute atomic E-state index is 12.7. The molecule has 0 bridgehead atoms. The summed E-state index contributed by atoms with van der Waals surface area (Å²) in [6.07, 6.45) is 2.17. The molecule has 0 aliphatic heterocycles. The molecule has 1 N–H and O–H groups in total. The van der Waals surface area contributed by atoms with Crippen molar-refractivity contribution in [2.24, 2.45) is 0 Å². The zero-order valence-corrected chi connectivity index (χ0v) is 11.3. The number of hydrogen-bond donors (Lipinski definition) is 1. The normalized spacial score (nSPS) is 10.2. The van der Waals surface area contributed by atoms with E-state index in [1.165, 1.54) is 17.7 Å². The van der Waals surface area contributed by atoms with Crippen molar-refractivity contribution in [3.05, 3.63) is 71.5 Å². The molecule has 0 radical (unpaired) electrons. The van der Waals surface area contributed by atoms with E-state index in [1.54, 1.807) is 12.1 Å². The van der Waals surface area contributed by atoms with E-state index in [4.69, 9.17) is 0 Å². The quantitative estimate of drug-likeness (QED) is 0.804. The number of nitrogens with one attached hydrogen (secondary N) is 1. The molecule has 0 spiro atoms. The first-order chi connectivity index (χ1) is 9.74. The third-order valence-corrected chi connectivity index (χ3v) is 3.09. The highest BCUT2D eigenvalue weighted by atomic mass is 19.1. The fraction of sp³-hybridized carbons (Fsp3) is 0.235. The van der Waals surface area contributed by atoms with E-state index >= 15 is 0 Å². The molecule has 1 amide bonds. The van der Waals surface area contributed by atoms with Crippen LogP contribution in [0.2, 0.25) is 0 Å². The lowest BCUT2D eigenvalue weighted by atomic mass is 10.1. The standard InChI is InChI=1S/C17H18FNO/c18-16-10-8-15(9-11-16)13-17(20)19-12-4-7-14-5-2-1-3-6-14/h1-3,5-6,8-11H,4,7,12-13H2,(H,19,20). The lowest BCUT2D eigenvalue weighted by molar-refractivity contribution is -0.120. The van der Waals surface area contributed by atoms with E-state index in [0.29, 0.717) is 13.0 Å². The molecule has 104 valence electrons. The summed E-state index contributed by atoms with van der Waals surface area (Å²) in [5.74, 6) is -0.304. The van der Waals surface area contributed by atoms with Gasteiger partial charge in [-0.3, -0.25) is 4.79 Å². The van der Waals surface area contributed by atoms with Gasteiger partial charge in [0, 0.05) is 6.54 Å². The van der Waals surface area contributed by atoms with Gasteiger partial charge in [-0.05, 0) is 36.1 Å². The van der Waals surface area contributed by atoms with Crippen molar-refractivity contribution in [1.29, 1.82) is 0 Å². The Labute approximate surface area is 118 Å². The summed E-state index contributed by atoms with van der Waals surface area (Å²) in [5, 5.41) is 2.88. The van der Waals surface area contributed by atoms with Gasteiger partial charge in [-0.1, -0.05) is 42.5 Å². The van der Waals surface area contributed by atoms with Crippen LogP contribution in [0.1, 0.15) is 17.5 Å². The Bertz CT molecular complexity index is 537. The number of rotatable bonds is 6. The van der Waals surface area contributed by atoms with Gasteiger partial charge in [0.15, 0.2) is 0 Å². The van der Waals surface area contributed by atoms with E-state index in [9.17, 15) is 9.18 Å². The Hall–Kier alpha value is -2.16. The summed E-state index contributed by atoms with van der Waals surface area (Å²) in [6, 6.07) is 16.2. The summed E-state index contributed by atoms with van der Waals surface area (Å²) in [7, 11) is 0. The van der Waals surface area contributed by atoms with Gasteiger partial charge < -0.3 is 5.32 Å². The fourth-order valence-electron chi connectivity index (χ4n) is 2.02. The van der Waals surface area contributed by atoms with Crippen molar-refractivity contribution in [3.8, 4) is 0 Å². The van der Waals surface area contributed by atoms with Gasteiger partial charge in [0.1, 0.15) is 5.82 Å². The molecule has 20 heavy (non-hydrogen) atoms. The first-order valence-electron chi connectivity index (χ1n) is 6.79. The van der Waals surface area contributed by atoms with Crippen LogP contribution in [0.25, 0.3) is 0 Å². The third kappa shape index (κ3) is 4.84. The van der Waals surface area contributed by atoms with Crippen molar-refractivity contribution < 1.29 is 9.18 Å². The predicted octanol–water partition coefficient (Wildman–Crippen LogP) is 3.12. The molecule has 0 atom stereocenters. The van der Waals surface area contributed by atoms with E-state index in [1.807, 2.05) is 18.2 Å². The van der Waals surface area contributed by atoms with Gasteiger partial charge in [0.25, 0.3) is 0 Å². The van der Waals surface area contributed by atoms with Gasteiger partial charge >= 0.3 is 0 Å². The predicted molar refractivity (Wildman–Crippen MR) is 77.9 cm³/mol. The van der Waals surface area contributed by atoms with Crippen LogP contribution >= 0.6 is 0 Å². The van der Waals surface area contributed by atoms with Crippen molar-refractivity contribution >= 4 is 5.91 Å². The monoisotopic (exact) mass is 271 g/mol. The van der Waals surface area contributed by atoms with E-state index in [2.05, 4.69) is 17.4 Å². The molecule has 2 nitrogen and oxygen atoms in total. The largest absolute Gasteiger partial charge is 0.356 e. The minimum absolute atomic E-state index is 0.0235. The lowest BCUT2D eigenvalue weighted by Crippen LogP contribution is -2.26. The Morgan fingerprint density at radius 1 is 0.950 bits per heavy atom. The number of hydrogen-bond acceptors (Lipinski definition) is 1. The Morgan fingerprint density at radius 3 is 2.35 bits per heavy atom. The maximum Gasteiger partial charge on any atom is 0.224 e. The second kappa shape index (κ2) is 7.43. The molecule has 0 saturated carbocycles. The second-order valence-corrected chi connectivity index (χ2v) is 4.74. The molecular weight excluding hydrogens is 253 g/mol. The number of carbonyl (C=O) groups excluding carboxylic acids is 1. The average Bonchev–Trinajstić information content (AvgIpc) is 2.47. The molecule has 0 aromatic heterocycles. The first kappa shape index (κ1) is 14.3. The van der Waals surface area contributed by atoms with Crippen LogP contribution in [0.15, 0.2) is 54.6 Å². The average molecular weight is 271 g/mol. The van der Waals surface area contributed by atoms with Crippen LogP contribution < -0.4 is 5.32 Å². The number of amides is 1. The van der Waals surface area contributed by atoms with Gasteiger partial charge in [-0.15, -0.1) is 0 Å². The maximum atomic E-state index is 12.7. The van der Waals surface area contributed by atoms with Crippen molar-refractivity contribution in [3.63, 3.8) is 0 Å². The molecular formula is C17H18FNO. The summed E-state index contributed by atoms with van der Waals surface area (Å²) < 4.78 is 12.7. The molecule has 2 aromatic carbocycles. The molecule has 2 rings (SSSR count). The first-order valence-corrected chi connectivity index (χ1v) is 6.79. The topological polar surface area (TPSA) is 29.1 Å². The molecule has 3 heteroatoms. The van der Waals surface area contributed by atoms with E-state index in [0.717, 1.165) is 18.4 Å². The molecule has 0 saturated heterocycles. The Balaban J connectivity index is 1.66. The lowest BCUT2D eigenvalue weighted by Gasteiger charge is -2.05. The van der Waals surface area contributed by atoms with E-state index < -0.39 is 0 Å². The highest BCUT2D eigenvalue weighted by Crippen LogP contribution is 2.04. The zero-order valence-electron chi connectivity index (χ0n) is 11.3. The molecule has 0 unspecified atom stereocenters. The van der Waals surface area contributed by atoms with Crippen LogP contribution in [-0.4, -0.2) is 12.5 Å². The van der Waals surface area contributed by atoms with Crippen LogP contribution in [-0.2, 0) is 17.6 Å². The number of aryl methyl sites for hydroxylation is 1. The Kier molecular flexibility index (Phi) is 5.30. The third-order valence-electron chi connectivity index (χ3n) is 3.09. The highest BCUT2D eigenvalue weighted by molar-refractivity contribution is 5.78. The van der Waals surface area contributed by atoms with Gasteiger partial charge in [0.05, 0.1) is 6.42 Å². The smallest absolute Gasteiger partial charge is 0.224 e. The SMILES string of the molecule is O=C(Cc1ccc(F)cc1)NCCCc1ccccc1. The van der Waals surface area contributed by atoms with Gasteiger partial charge in [-0.25, -0.2) is 4.39 Å². The summed E-state index contributed by atoms with van der Waals surface area (Å²) in [6.45, 7) is 0.662. The Morgan fingerprint density at radius 2 is 1.65 bits per heavy atom. The van der Waals surface area contributed by atoms with Gasteiger partial charge in [0.2, 0.25) is 5.91 Å². The second-order valence-electron chi connectivity index (χ2n) is 4.74. The van der Waals surface area contributed by atoms with Crippen LogP contribution in [0.5, 0.6) is 0 Å². The van der Waals surface area contributed by atoms with Gasteiger partial charge in [-0.2, -0.15) is 0 Å². The minimum Gasteiger partial charge on any atom is -0.356 e. The molecule has 0 aliphatic rings. The van der Waals surface area contributed by atoms with Crippen LogP contribution in [0.4, 0.5) is 4.39 Å². The van der Waals surface area contributed by atoms with Crippen molar-refractivity contribution in [2.45, 2.75) is 19.3 Å². The van der Waals surface area contributed by atoms with Crippen molar-refractivity contribution in [1.82, 2.24) is 5.32 Å². The van der Waals surface area contributed by atoms with Crippen molar-refractivity contribution in [2.75, 3.05) is 6.54 Å². The number of halogens is 1. The van der Waals surface area contributed by atoms with Crippen LogP contribution in [0, 0.1) is 5.82 Å².